The molecule has 0 radical (unpaired) electrons. The minimum absolute atomic E-state index is 0.00192. The summed E-state index contributed by atoms with van der Waals surface area (Å²) in [5.74, 6) is -4.13. The lowest BCUT2D eigenvalue weighted by atomic mass is 9.78. The van der Waals surface area contributed by atoms with E-state index in [1.807, 2.05) is 170 Å². The van der Waals surface area contributed by atoms with Crippen LogP contribution in [0.3, 0.4) is 0 Å². The summed E-state index contributed by atoms with van der Waals surface area (Å²) in [4.78, 5) is 122. The molecule has 20 nitrogen and oxygen atoms in total. The monoisotopic (exact) mass is 1330 g/mol. The maximum Gasteiger partial charge on any atom is 0.407 e. The molecule has 3 saturated heterocycles. The van der Waals surface area contributed by atoms with Crippen LogP contribution in [-0.4, -0.2) is 129 Å². The van der Waals surface area contributed by atoms with Crippen LogP contribution in [-0.2, 0) is 80.9 Å². The molecule has 1 aromatic heterocycles. The number of nitrogens with two attached hydrogens (primary N) is 1. The molecule has 9 atom stereocenters. The Balaban J connectivity index is 0.735. The Bertz CT molecular complexity index is 4520. The zero-order valence-corrected chi connectivity index (χ0v) is 54.4. The van der Waals surface area contributed by atoms with Gasteiger partial charge in [0.15, 0.2) is 0 Å². The number of aromatic hydroxyl groups is 1. The minimum Gasteiger partial charge on any atom is -0.508 e. The van der Waals surface area contributed by atoms with Crippen LogP contribution in [0, 0.1) is 0 Å². The second kappa shape index (κ2) is 27.6. The number of phenols is 1. The van der Waals surface area contributed by atoms with Gasteiger partial charge in [-0.05, 0) is 101 Å². The Morgan fingerprint density at radius 2 is 1.23 bits per heavy atom. The first-order valence-corrected chi connectivity index (χ1v) is 33.6. The van der Waals surface area contributed by atoms with Crippen molar-refractivity contribution in [3.63, 3.8) is 0 Å². The number of piperidine rings is 1. The molecule has 5 heterocycles. The first kappa shape index (κ1) is 64.9. The molecule has 14 rings (SSSR count). The SMILES string of the molecule is C[C@H](NC(=O)[C@H](Cc1ccc(O)cc1)NC(=O)[C@@H]1CCCN1C(=O)[C@H](Cc1ccccc1)NC(=O)[C@@H](N)Cc1cn([C@]23C[C@H](NC(=O)OCC4c5ccccc5-c5ccccc54)C(=O)N4[C@@H](Cc5ccccc5)C(=O)N(c5ccccc52)[C@@H]43)c2ccccc12)C(=O)OCc1ccccc1. The lowest BCUT2D eigenvalue weighted by Gasteiger charge is -2.49. The minimum atomic E-state index is -1.26. The number of nitrogens with zero attached hydrogens (tertiary/aromatic N) is 4. The predicted molar refractivity (Wildman–Crippen MR) is 370 cm³/mol. The molecule has 7 amide bonds. The van der Waals surface area contributed by atoms with Gasteiger partial charge in [0.05, 0.1) is 11.7 Å². The number of likely N-dealkylation sites (tertiary alicyclic amines) is 1. The van der Waals surface area contributed by atoms with Crippen LogP contribution in [0.15, 0.2) is 219 Å². The van der Waals surface area contributed by atoms with Crippen LogP contribution < -0.4 is 31.9 Å². The predicted octanol–water partition coefficient (Wildman–Crippen LogP) is 8.09. The van der Waals surface area contributed by atoms with E-state index in [9.17, 15) is 29.1 Å². The topological polar surface area (TPSA) is 264 Å². The maximum absolute atomic E-state index is 15.6. The summed E-state index contributed by atoms with van der Waals surface area (Å²) < 4.78 is 13.7. The third kappa shape index (κ3) is 12.6. The average molecular weight is 1330 g/mol. The van der Waals surface area contributed by atoms with Gasteiger partial charge in [-0.2, -0.15) is 0 Å². The molecule has 0 saturated carbocycles. The number of rotatable bonds is 22. The molecule has 3 fully saturated rings. The van der Waals surface area contributed by atoms with Gasteiger partial charge in [-0.15, -0.1) is 0 Å². The van der Waals surface area contributed by atoms with E-state index in [0.29, 0.717) is 28.8 Å². The van der Waals surface area contributed by atoms with Crippen molar-refractivity contribution in [3.05, 3.63) is 263 Å². The number of benzene rings is 8. The van der Waals surface area contributed by atoms with Crippen LogP contribution in [0.25, 0.3) is 22.0 Å². The Morgan fingerprint density at radius 3 is 1.94 bits per heavy atom. The smallest absolute Gasteiger partial charge is 0.407 e. The number of hydrogen-bond acceptors (Lipinski definition) is 12. The highest BCUT2D eigenvalue weighted by molar-refractivity contribution is 6.08. The summed E-state index contributed by atoms with van der Waals surface area (Å²) in [6.07, 6.45) is 1.07. The molecule has 7 N–H and O–H groups in total. The molecule has 4 aliphatic heterocycles. The molecule has 99 heavy (non-hydrogen) atoms. The van der Waals surface area contributed by atoms with Crippen molar-refractivity contribution in [3.8, 4) is 16.9 Å². The summed E-state index contributed by atoms with van der Waals surface area (Å²) in [5.41, 5.74) is 15.6. The van der Waals surface area contributed by atoms with E-state index in [-0.39, 0.29) is 75.9 Å². The number of carbonyl (C=O) groups is 8. The van der Waals surface area contributed by atoms with Gasteiger partial charge >= 0.3 is 12.1 Å². The molecule has 5 aliphatic rings. The van der Waals surface area contributed by atoms with Crippen molar-refractivity contribution in [1.82, 2.24) is 35.6 Å². The number of esters is 1. The number of alkyl carbamates (subject to hydrolysis) is 1. The molecular formula is C79H75N9O11. The summed E-state index contributed by atoms with van der Waals surface area (Å²) >= 11 is 0. The van der Waals surface area contributed by atoms with Gasteiger partial charge in [-0.3, -0.25) is 33.7 Å². The zero-order valence-electron chi connectivity index (χ0n) is 54.4. The number of phenolic OH excluding ortho intramolecular Hbond substituents is 1. The number of para-hydroxylation sites is 2. The Kier molecular flexibility index (Phi) is 18.1. The molecular weight excluding hydrogens is 1250 g/mol. The van der Waals surface area contributed by atoms with Gasteiger partial charge in [0, 0.05) is 60.8 Å². The third-order valence-corrected chi connectivity index (χ3v) is 20.1. The molecule has 1 aliphatic carbocycles. The number of hydrogen-bond donors (Lipinski definition) is 6. The zero-order chi connectivity index (χ0) is 68.5. The highest BCUT2D eigenvalue weighted by atomic mass is 16.5. The van der Waals surface area contributed by atoms with Crippen molar-refractivity contribution in [2.75, 3.05) is 18.1 Å². The number of nitrogens with one attached hydrogen (secondary N) is 4. The van der Waals surface area contributed by atoms with E-state index < -0.39 is 95.6 Å². The summed E-state index contributed by atoms with van der Waals surface area (Å²) in [6.45, 7) is 1.64. The van der Waals surface area contributed by atoms with Crippen LogP contribution in [0.2, 0.25) is 0 Å². The lowest BCUT2D eigenvalue weighted by Crippen LogP contribution is -2.67. The van der Waals surface area contributed by atoms with E-state index >= 15 is 14.4 Å². The van der Waals surface area contributed by atoms with Gasteiger partial charge in [0.2, 0.25) is 29.5 Å². The first-order chi connectivity index (χ1) is 48.1. The molecule has 9 aromatic rings. The van der Waals surface area contributed by atoms with Crippen molar-refractivity contribution in [2.24, 2.45) is 5.73 Å². The largest absolute Gasteiger partial charge is 0.508 e. The van der Waals surface area contributed by atoms with E-state index in [4.69, 9.17) is 15.2 Å². The van der Waals surface area contributed by atoms with Crippen LogP contribution >= 0.6 is 0 Å². The summed E-state index contributed by atoms with van der Waals surface area (Å²) in [7, 11) is 0. The number of anilines is 1. The van der Waals surface area contributed by atoms with Gasteiger partial charge in [0.25, 0.3) is 5.91 Å². The number of carbonyl (C=O) groups excluding carboxylic acids is 8. The standard InChI is InChI=1S/C79H75N9O11/c1-48(76(96)98-46-52-24-9-4-10-25-52)81-71(91)63(40-51-35-37-54(89)38-36-51)82-72(92)68-34-19-39-85(68)73(93)64(41-49-20-5-2-6-21-49)83-70(90)62(80)43-53-45-86(66-32-17-15-26-55(53)66)79-44-65(84-78(97)99-47-60-58-29-13-11-27-56(58)57-28-12-14-30-59(57)60)74(94)88-69(42-50-22-7-3-8-23-50)75(95)87(77(79)88)67-33-18-16-31-61(67)79/h2-18,20-33,35-38,45,48,60,62-65,68-69,77,89H,19,34,39-44,46-47,80H2,1H3,(H,81,91)(H,82,92)(H,83,90)(H,84,97)/t48-,62-,63-,64-,65-,68-,69-,77-,79+/m0/s1. The second-order valence-electron chi connectivity index (χ2n) is 26.2. The fraction of sp³-hybridized carbons (Fsp3) is 0.266. The first-order valence-electron chi connectivity index (χ1n) is 33.6. The fourth-order valence-corrected chi connectivity index (χ4v) is 15.4. The molecule has 0 spiro atoms. The second-order valence-corrected chi connectivity index (χ2v) is 26.2. The fourth-order valence-electron chi connectivity index (χ4n) is 15.4. The van der Waals surface area contributed by atoms with E-state index in [2.05, 4.69) is 38.0 Å². The van der Waals surface area contributed by atoms with Crippen molar-refractivity contribution in [2.45, 2.75) is 118 Å². The quantitative estimate of drug-likeness (QED) is 0.0352. The highest BCUT2D eigenvalue weighted by Crippen LogP contribution is 2.57. The third-order valence-electron chi connectivity index (χ3n) is 20.1. The van der Waals surface area contributed by atoms with Crippen molar-refractivity contribution < 1.29 is 52.9 Å². The van der Waals surface area contributed by atoms with E-state index in [1.54, 1.807) is 34.1 Å². The number of aromatic nitrogens is 1. The molecule has 0 unspecified atom stereocenters. The van der Waals surface area contributed by atoms with E-state index in [0.717, 1.165) is 49.9 Å². The van der Waals surface area contributed by atoms with Crippen LogP contribution in [0.5, 0.6) is 5.75 Å². The van der Waals surface area contributed by atoms with Crippen molar-refractivity contribution in [1.29, 1.82) is 0 Å². The Morgan fingerprint density at radius 1 is 0.626 bits per heavy atom. The normalized spacial score (nSPS) is 20.0. The van der Waals surface area contributed by atoms with Crippen LogP contribution in [0.1, 0.15) is 76.6 Å². The Hall–Kier alpha value is -11.4. The van der Waals surface area contributed by atoms with Crippen LogP contribution in [0.4, 0.5) is 10.5 Å². The average Bonchev–Trinajstić information content (AvgIpc) is 1.50. The molecule has 8 aromatic carbocycles. The number of fused-ring (bicyclic) bond motifs is 7. The summed E-state index contributed by atoms with van der Waals surface area (Å²) in [6, 6.07) is 57.2. The molecule has 502 valence electrons. The van der Waals surface area contributed by atoms with Gasteiger partial charge in [0.1, 0.15) is 66.9 Å². The van der Waals surface area contributed by atoms with Gasteiger partial charge in [-0.1, -0.05) is 188 Å². The summed E-state index contributed by atoms with van der Waals surface area (Å²) in [5, 5.41) is 22.4. The van der Waals surface area contributed by atoms with Crippen molar-refractivity contribution >= 4 is 64.1 Å². The highest BCUT2D eigenvalue weighted by Gasteiger charge is 2.68. The van der Waals surface area contributed by atoms with Gasteiger partial charge < -0.3 is 55.9 Å². The number of ether oxygens (including phenoxy) is 2. The lowest BCUT2D eigenvalue weighted by molar-refractivity contribution is -0.149. The molecule has 20 heteroatoms. The Labute approximate surface area is 572 Å². The molecule has 0 bridgehead atoms. The number of amides is 7. The van der Waals surface area contributed by atoms with Gasteiger partial charge in [-0.25, -0.2) is 9.59 Å². The van der Waals surface area contributed by atoms with E-state index in [1.165, 1.54) is 24.0 Å². The maximum atomic E-state index is 15.6.